The first kappa shape index (κ1) is 10.7. The number of rotatable bonds is 1. The summed E-state index contributed by atoms with van der Waals surface area (Å²) in [5, 5.41) is 0.724. The molecular formula is C13H15NO2. The Hall–Kier alpha value is -1.77. The molecule has 0 aliphatic carbocycles. The average molecular weight is 217 g/mol. The van der Waals surface area contributed by atoms with Crippen LogP contribution in [0.5, 0.6) is 5.75 Å². The van der Waals surface area contributed by atoms with Gasteiger partial charge in [-0.05, 0) is 38.0 Å². The number of benzene rings is 1. The van der Waals surface area contributed by atoms with Gasteiger partial charge in [0, 0.05) is 11.8 Å². The largest absolute Gasteiger partial charge is 0.495 e. The monoisotopic (exact) mass is 217 g/mol. The Labute approximate surface area is 94.1 Å². The summed E-state index contributed by atoms with van der Waals surface area (Å²) in [6.07, 6.45) is 0. The summed E-state index contributed by atoms with van der Waals surface area (Å²) >= 11 is 0. The van der Waals surface area contributed by atoms with Crippen LogP contribution in [0.3, 0.4) is 0 Å². The van der Waals surface area contributed by atoms with Gasteiger partial charge in [-0.25, -0.2) is 0 Å². The van der Waals surface area contributed by atoms with Crippen LogP contribution < -0.4 is 10.2 Å². The van der Waals surface area contributed by atoms with Crippen LogP contribution >= 0.6 is 0 Å². The second-order valence-corrected chi connectivity index (χ2v) is 4.09. The number of H-pyrrole nitrogens is 1. The van der Waals surface area contributed by atoms with Crippen molar-refractivity contribution >= 4 is 10.9 Å². The Balaban J connectivity index is 3.05. The van der Waals surface area contributed by atoms with Gasteiger partial charge >= 0.3 is 0 Å². The van der Waals surface area contributed by atoms with Crippen molar-refractivity contribution < 1.29 is 4.74 Å². The second kappa shape index (κ2) is 3.67. The Morgan fingerprint density at radius 1 is 1.19 bits per heavy atom. The molecule has 16 heavy (non-hydrogen) atoms. The molecule has 0 saturated carbocycles. The van der Waals surface area contributed by atoms with Crippen LogP contribution in [0.2, 0.25) is 0 Å². The predicted octanol–water partition coefficient (Wildman–Crippen LogP) is 2.46. The molecule has 3 heteroatoms. The van der Waals surface area contributed by atoms with E-state index in [-0.39, 0.29) is 5.43 Å². The molecule has 3 nitrogen and oxygen atoms in total. The molecule has 1 N–H and O–H groups in total. The number of methoxy groups -OCH3 is 1. The standard InChI is InChI=1S/C13H15NO2/c1-7-5-11(16-4)13-12(9(7)3)10(15)6-8(2)14-13/h5-6H,1-4H3,(H,14,15). The van der Waals surface area contributed by atoms with Crippen molar-refractivity contribution in [1.29, 1.82) is 0 Å². The van der Waals surface area contributed by atoms with Crippen LogP contribution in [0.15, 0.2) is 16.9 Å². The van der Waals surface area contributed by atoms with E-state index in [1.165, 1.54) is 0 Å². The van der Waals surface area contributed by atoms with E-state index in [9.17, 15) is 4.79 Å². The summed E-state index contributed by atoms with van der Waals surface area (Å²) in [4.78, 5) is 15.2. The first-order valence-electron chi connectivity index (χ1n) is 5.22. The van der Waals surface area contributed by atoms with E-state index < -0.39 is 0 Å². The molecule has 0 bridgehead atoms. The highest BCUT2D eigenvalue weighted by molar-refractivity contribution is 5.88. The van der Waals surface area contributed by atoms with Crippen LogP contribution in [-0.4, -0.2) is 12.1 Å². The zero-order valence-corrected chi connectivity index (χ0v) is 9.97. The van der Waals surface area contributed by atoms with E-state index >= 15 is 0 Å². The molecule has 0 amide bonds. The van der Waals surface area contributed by atoms with Crippen LogP contribution in [0.25, 0.3) is 10.9 Å². The van der Waals surface area contributed by atoms with Gasteiger partial charge in [-0.1, -0.05) is 0 Å². The maximum absolute atomic E-state index is 12.0. The number of aryl methyl sites for hydroxylation is 3. The molecule has 0 unspecified atom stereocenters. The maximum atomic E-state index is 12.0. The minimum atomic E-state index is 0.0470. The normalized spacial score (nSPS) is 10.8. The van der Waals surface area contributed by atoms with Crippen LogP contribution in [0, 0.1) is 20.8 Å². The molecule has 1 aromatic carbocycles. The van der Waals surface area contributed by atoms with Gasteiger partial charge in [-0.3, -0.25) is 4.79 Å². The number of aromatic amines is 1. The van der Waals surface area contributed by atoms with Gasteiger partial charge in [-0.2, -0.15) is 0 Å². The van der Waals surface area contributed by atoms with Gasteiger partial charge in [-0.15, -0.1) is 0 Å². The molecule has 84 valence electrons. The molecule has 0 aliphatic rings. The molecule has 2 aromatic rings. The van der Waals surface area contributed by atoms with Gasteiger partial charge in [0.2, 0.25) is 0 Å². The fourth-order valence-electron chi connectivity index (χ4n) is 1.98. The van der Waals surface area contributed by atoms with Crippen LogP contribution in [-0.2, 0) is 0 Å². The van der Waals surface area contributed by atoms with Crippen molar-refractivity contribution in [2.45, 2.75) is 20.8 Å². The SMILES string of the molecule is COc1cc(C)c(C)c2c(=O)cc(C)[nH]c12. The molecule has 1 heterocycles. The summed E-state index contributed by atoms with van der Waals surface area (Å²) in [5.41, 5.74) is 3.76. The first-order chi connectivity index (χ1) is 7.54. The zero-order valence-electron chi connectivity index (χ0n) is 9.97. The number of fused-ring (bicyclic) bond motifs is 1. The van der Waals surface area contributed by atoms with E-state index in [2.05, 4.69) is 4.98 Å². The third-order valence-corrected chi connectivity index (χ3v) is 2.95. The average Bonchev–Trinajstić information content (AvgIpc) is 2.22. The van der Waals surface area contributed by atoms with Crippen LogP contribution in [0.1, 0.15) is 16.8 Å². The first-order valence-corrected chi connectivity index (χ1v) is 5.22. The lowest BCUT2D eigenvalue weighted by Crippen LogP contribution is -2.07. The second-order valence-electron chi connectivity index (χ2n) is 4.09. The van der Waals surface area contributed by atoms with E-state index in [4.69, 9.17) is 4.74 Å². The maximum Gasteiger partial charge on any atom is 0.190 e. The summed E-state index contributed by atoms with van der Waals surface area (Å²) in [7, 11) is 1.62. The van der Waals surface area contributed by atoms with E-state index in [1.807, 2.05) is 26.8 Å². The van der Waals surface area contributed by atoms with E-state index in [1.54, 1.807) is 13.2 Å². The van der Waals surface area contributed by atoms with Crippen molar-refractivity contribution in [3.05, 3.63) is 39.2 Å². The Morgan fingerprint density at radius 2 is 1.88 bits per heavy atom. The fourth-order valence-corrected chi connectivity index (χ4v) is 1.98. The van der Waals surface area contributed by atoms with E-state index in [0.29, 0.717) is 0 Å². The number of aromatic nitrogens is 1. The third kappa shape index (κ3) is 1.48. The number of hydrogen-bond donors (Lipinski definition) is 1. The highest BCUT2D eigenvalue weighted by atomic mass is 16.5. The number of ether oxygens (including phenoxy) is 1. The summed E-state index contributed by atoms with van der Waals surface area (Å²) in [6.45, 7) is 5.81. The molecule has 0 spiro atoms. The molecule has 0 saturated heterocycles. The molecule has 1 aromatic heterocycles. The Bertz CT molecular complexity index is 611. The Morgan fingerprint density at radius 3 is 2.50 bits per heavy atom. The zero-order chi connectivity index (χ0) is 11.9. The summed E-state index contributed by atoms with van der Waals surface area (Å²) in [5.74, 6) is 0.721. The highest BCUT2D eigenvalue weighted by Crippen LogP contribution is 2.27. The van der Waals surface area contributed by atoms with Crippen molar-refractivity contribution in [3.63, 3.8) is 0 Å². The third-order valence-electron chi connectivity index (χ3n) is 2.95. The topological polar surface area (TPSA) is 42.1 Å². The van der Waals surface area contributed by atoms with Gasteiger partial charge in [0.25, 0.3) is 0 Å². The van der Waals surface area contributed by atoms with Gasteiger partial charge in [0.15, 0.2) is 5.43 Å². The lowest BCUT2D eigenvalue weighted by Gasteiger charge is -2.11. The highest BCUT2D eigenvalue weighted by Gasteiger charge is 2.10. The van der Waals surface area contributed by atoms with Crippen molar-refractivity contribution in [1.82, 2.24) is 4.98 Å². The van der Waals surface area contributed by atoms with Crippen molar-refractivity contribution in [3.8, 4) is 5.75 Å². The lowest BCUT2D eigenvalue weighted by molar-refractivity contribution is 0.418. The quantitative estimate of drug-likeness (QED) is 0.797. The fraction of sp³-hybridized carbons (Fsp3) is 0.308. The van der Waals surface area contributed by atoms with Gasteiger partial charge in [0.05, 0.1) is 18.0 Å². The minimum absolute atomic E-state index is 0.0470. The molecule has 0 radical (unpaired) electrons. The van der Waals surface area contributed by atoms with Gasteiger partial charge < -0.3 is 9.72 Å². The number of hydrogen-bond acceptors (Lipinski definition) is 2. The molecule has 0 aliphatic heterocycles. The number of nitrogens with one attached hydrogen (secondary N) is 1. The molecule has 0 fully saturated rings. The summed E-state index contributed by atoms with van der Waals surface area (Å²) in [6, 6.07) is 3.57. The van der Waals surface area contributed by atoms with Crippen LogP contribution in [0.4, 0.5) is 0 Å². The molecular weight excluding hydrogens is 202 g/mol. The smallest absolute Gasteiger partial charge is 0.190 e. The van der Waals surface area contributed by atoms with E-state index in [0.717, 1.165) is 33.5 Å². The predicted molar refractivity (Wildman–Crippen MR) is 65.3 cm³/mol. The lowest BCUT2D eigenvalue weighted by atomic mass is 10.0. The van der Waals surface area contributed by atoms with Crippen molar-refractivity contribution in [2.24, 2.45) is 0 Å². The number of pyridine rings is 1. The molecule has 2 rings (SSSR count). The minimum Gasteiger partial charge on any atom is -0.495 e. The van der Waals surface area contributed by atoms with Gasteiger partial charge in [0.1, 0.15) is 5.75 Å². The van der Waals surface area contributed by atoms with Crippen molar-refractivity contribution in [2.75, 3.05) is 7.11 Å². The molecule has 0 atom stereocenters. The summed E-state index contributed by atoms with van der Waals surface area (Å²) < 4.78 is 5.30. The Kier molecular flexibility index (Phi) is 2.46.